The summed E-state index contributed by atoms with van der Waals surface area (Å²) in [5.41, 5.74) is 0. The molecule has 0 fully saturated rings. The van der Waals surface area contributed by atoms with E-state index in [2.05, 4.69) is 0 Å². The van der Waals surface area contributed by atoms with Crippen LogP contribution in [0.4, 0.5) is 0 Å². The predicted molar refractivity (Wildman–Crippen MR) is 41.9 cm³/mol. The van der Waals surface area contributed by atoms with Crippen molar-refractivity contribution in [2.24, 2.45) is 0 Å². The molecule has 1 aliphatic rings. The van der Waals surface area contributed by atoms with Gasteiger partial charge in [-0.1, -0.05) is 11.6 Å². The molecule has 48 valence electrons. The van der Waals surface area contributed by atoms with Crippen LogP contribution in [-0.4, -0.2) is 14.3 Å². The number of hydrogen-bond acceptors (Lipinski definition) is 1. The van der Waals surface area contributed by atoms with Crippen molar-refractivity contribution >= 4 is 45.2 Å². The standard InChI is InChI=1S/C3H4Cl2OS2/c4-3-1-2-7(6)8(3)5/h1-2H2. The first-order chi connectivity index (χ1) is 3.72. The fraction of sp³-hybridized carbons (Fsp3) is 0.667. The molecule has 0 spiro atoms. The zero-order valence-corrected chi connectivity index (χ0v) is 7.04. The number of rotatable bonds is 0. The monoisotopic (exact) mass is 190 g/mol. The molecular weight excluding hydrogens is 187 g/mol. The Bertz CT molecular complexity index is 165. The van der Waals surface area contributed by atoms with E-state index in [4.69, 9.17) is 22.3 Å². The first-order valence-corrected chi connectivity index (χ1v) is 6.29. The maximum absolute atomic E-state index is 10.7. The van der Waals surface area contributed by atoms with Gasteiger partial charge in [0.15, 0.2) is 0 Å². The molecule has 0 aromatic carbocycles. The molecule has 0 radical (unpaired) electrons. The van der Waals surface area contributed by atoms with Crippen LogP contribution in [0.15, 0.2) is 0 Å². The Balaban J connectivity index is 2.86. The molecule has 1 rings (SSSR count). The van der Waals surface area contributed by atoms with Crippen LogP contribution in [0.1, 0.15) is 6.42 Å². The van der Waals surface area contributed by atoms with Crippen LogP contribution < -0.4 is 0 Å². The molecule has 1 heterocycles. The number of hydrogen-bond donors (Lipinski definition) is 0. The Hall–Kier alpha value is 0.950. The Morgan fingerprint density at radius 2 is 2.25 bits per heavy atom. The highest BCUT2D eigenvalue weighted by atomic mass is 35.7. The van der Waals surface area contributed by atoms with Crippen LogP contribution >= 0.6 is 31.0 Å². The molecule has 2 atom stereocenters. The average molecular weight is 191 g/mol. The van der Waals surface area contributed by atoms with Crippen LogP contribution in [0, 0.1) is 0 Å². The molecule has 0 saturated carbocycles. The molecule has 1 aliphatic heterocycles. The third kappa shape index (κ3) is 1.26. The van der Waals surface area contributed by atoms with Gasteiger partial charge in [0.25, 0.3) is 0 Å². The van der Waals surface area contributed by atoms with E-state index in [1.807, 2.05) is 0 Å². The van der Waals surface area contributed by atoms with Crippen molar-refractivity contribution < 1.29 is 4.21 Å². The molecule has 0 aliphatic carbocycles. The van der Waals surface area contributed by atoms with Crippen molar-refractivity contribution in [3.05, 3.63) is 0 Å². The highest BCUT2D eigenvalue weighted by Gasteiger charge is 2.16. The Labute approximate surface area is 61.6 Å². The van der Waals surface area contributed by atoms with Gasteiger partial charge in [-0.2, -0.15) is 0 Å². The molecule has 0 aromatic rings. The van der Waals surface area contributed by atoms with Gasteiger partial charge in [0.2, 0.25) is 0 Å². The van der Waals surface area contributed by atoms with Gasteiger partial charge in [-0.3, -0.25) is 0 Å². The molecule has 0 aromatic heterocycles. The highest BCUT2D eigenvalue weighted by molar-refractivity contribution is 8.87. The second kappa shape index (κ2) is 2.69. The summed E-state index contributed by atoms with van der Waals surface area (Å²) in [6.45, 7) is 0. The Morgan fingerprint density at radius 1 is 1.62 bits per heavy atom. The minimum Gasteiger partial charge on any atom is -0.247 e. The van der Waals surface area contributed by atoms with E-state index in [0.29, 0.717) is 10.1 Å². The summed E-state index contributed by atoms with van der Waals surface area (Å²) >= 11 is 5.56. The second-order valence-corrected chi connectivity index (χ2v) is 7.56. The summed E-state index contributed by atoms with van der Waals surface area (Å²) in [7, 11) is 4.06. The lowest BCUT2D eigenvalue weighted by Gasteiger charge is -1.84. The Morgan fingerprint density at radius 3 is 2.38 bits per heavy atom. The quantitative estimate of drug-likeness (QED) is 0.324. The van der Waals surface area contributed by atoms with Crippen LogP contribution in [-0.2, 0) is 9.83 Å². The van der Waals surface area contributed by atoms with Crippen LogP contribution in [0.25, 0.3) is 0 Å². The predicted octanol–water partition coefficient (Wildman–Crippen LogP) is 1.85. The molecule has 5 heteroatoms. The van der Waals surface area contributed by atoms with Crippen LogP contribution in [0.5, 0.6) is 0 Å². The van der Waals surface area contributed by atoms with Gasteiger partial charge in [0.1, 0.15) is 0 Å². The zero-order valence-electron chi connectivity index (χ0n) is 3.89. The summed E-state index contributed by atoms with van der Waals surface area (Å²) in [6, 6.07) is 0. The van der Waals surface area contributed by atoms with Gasteiger partial charge in [-0.05, 0) is 10.7 Å². The van der Waals surface area contributed by atoms with Gasteiger partial charge in [0.05, 0.1) is 14.2 Å². The maximum Gasteiger partial charge on any atom is 0.0903 e. The summed E-state index contributed by atoms with van der Waals surface area (Å²) in [5, 5.41) is 0. The van der Waals surface area contributed by atoms with Gasteiger partial charge in [0, 0.05) is 20.9 Å². The van der Waals surface area contributed by atoms with E-state index < -0.39 is 18.6 Å². The SMILES string of the molecule is O=S1CCC(Cl)=S1Cl. The largest absolute Gasteiger partial charge is 0.247 e. The summed E-state index contributed by atoms with van der Waals surface area (Å²) in [4.78, 5) is 0. The van der Waals surface area contributed by atoms with E-state index in [9.17, 15) is 4.21 Å². The molecular formula is C3H4Cl2OS2. The van der Waals surface area contributed by atoms with E-state index in [0.717, 1.165) is 6.42 Å². The van der Waals surface area contributed by atoms with Crippen molar-refractivity contribution in [2.75, 3.05) is 5.75 Å². The Kier molecular flexibility index (Phi) is 2.37. The summed E-state index contributed by atoms with van der Waals surface area (Å²) < 4.78 is 11.3. The fourth-order valence-corrected chi connectivity index (χ4v) is 4.71. The zero-order chi connectivity index (χ0) is 6.15. The average Bonchev–Trinajstić information content (AvgIpc) is 1.98. The van der Waals surface area contributed by atoms with Crippen molar-refractivity contribution in [2.45, 2.75) is 6.42 Å². The molecule has 2 unspecified atom stereocenters. The maximum atomic E-state index is 10.7. The summed E-state index contributed by atoms with van der Waals surface area (Å²) in [5.74, 6) is 0.644. The molecule has 0 saturated heterocycles. The second-order valence-electron chi connectivity index (χ2n) is 1.34. The van der Waals surface area contributed by atoms with Crippen LogP contribution in [0.3, 0.4) is 0 Å². The first kappa shape index (κ1) is 7.06. The fourth-order valence-electron chi connectivity index (χ4n) is 0.418. The molecule has 0 amide bonds. The van der Waals surface area contributed by atoms with Crippen molar-refractivity contribution in [3.8, 4) is 0 Å². The normalized spacial score (nSPS) is 38.5. The smallest absolute Gasteiger partial charge is 0.0903 e. The molecule has 8 heavy (non-hydrogen) atoms. The molecule has 1 nitrogen and oxygen atoms in total. The first-order valence-electron chi connectivity index (χ1n) is 2.02. The van der Waals surface area contributed by atoms with E-state index in [1.165, 1.54) is 0 Å². The minimum absolute atomic E-state index is 0.636. The third-order valence-corrected chi connectivity index (χ3v) is 7.29. The van der Waals surface area contributed by atoms with Crippen molar-refractivity contribution in [1.82, 2.24) is 0 Å². The summed E-state index contributed by atoms with van der Waals surface area (Å²) in [6.07, 6.45) is 0.723. The van der Waals surface area contributed by atoms with E-state index in [-0.39, 0.29) is 0 Å². The van der Waals surface area contributed by atoms with E-state index >= 15 is 0 Å². The lowest BCUT2D eigenvalue weighted by atomic mass is 10.6. The van der Waals surface area contributed by atoms with Gasteiger partial charge in [-0.25, -0.2) is 4.21 Å². The number of halogens is 2. The lowest BCUT2D eigenvalue weighted by Crippen LogP contribution is -1.82. The van der Waals surface area contributed by atoms with Gasteiger partial charge >= 0.3 is 0 Å². The van der Waals surface area contributed by atoms with Crippen molar-refractivity contribution in [1.29, 1.82) is 0 Å². The van der Waals surface area contributed by atoms with Crippen molar-refractivity contribution in [3.63, 3.8) is 0 Å². The molecule has 0 bridgehead atoms. The topological polar surface area (TPSA) is 17.1 Å². The molecule has 0 N–H and O–H groups in total. The van der Waals surface area contributed by atoms with Crippen LogP contribution in [0.2, 0.25) is 0 Å². The lowest BCUT2D eigenvalue weighted by molar-refractivity contribution is 0.692. The van der Waals surface area contributed by atoms with Gasteiger partial charge in [-0.15, -0.1) is 0 Å². The highest BCUT2D eigenvalue weighted by Crippen LogP contribution is 2.34. The van der Waals surface area contributed by atoms with Gasteiger partial charge < -0.3 is 0 Å². The van der Waals surface area contributed by atoms with E-state index in [1.54, 1.807) is 0 Å². The third-order valence-electron chi connectivity index (χ3n) is 0.803. The minimum atomic E-state index is -0.873.